The molecular weight excluding hydrogens is 1560 g/mol. The van der Waals surface area contributed by atoms with E-state index in [1.54, 1.807) is 0 Å². The number of rotatable bonds is 54. The first-order valence-electron chi connectivity index (χ1n) is 35.9. The Bertz CT molecular complexity index is 2010. The van der Waals surface area contributed by atoms with Crippen LogP contribution in [0.15, 0.2) is 0 Å². The molecular formula is C62H118O12S16Si4. The van der Waals surface area contributed by atoms with Gasteiger partial charge in [-0.05, 0) is 340 Å². The Morgan fingerprint density at radius 3 is 0.798 bits per heavy atom. The highest BCUT2D eigenvalue weighted by Gasteiger charge is 2.70. The smallest absolute Gasteiger partial charge is 0.374 e. The van der Waals surface area contributed by atoms with Crippen molar-refractivity contribution < 1.29 is 53.1 Å². The molecule has 0 aromatic heterocycles. The van der Waals surface area contributed by atoms with E-state index in [2.05, 4.69) is 200 Å². The Kier molecular flexibility index (Phi) is 37.0. The van der Waals surface area contributed by atoms with Crippen molar-refractivity contribution in [3.05, 3.63) is 0 Å². The zero-order valence-electron chi connectivity index (χ0n) is 59.3. The highest BCUT2D eigenvalue weighted by Crippen LogP contribution is 2.80. The van der Waals surface area contributed by atoms with Gasteiger partial charge in [0.05, 0.1) is 4.75 Å². The molecule has 0 spiro atoms. The summed E-state index contributed by atoms with van der Waals surface area (Å²) in [4.78, 5) is 0. The summed E-state index contributed by atoms with van der Waals surface area (Å²) in [6.45, 7) is 40.3. The lowest BCUT2D eigenvalue weighted by Gasteiger charge is -2.46. The van der Waals surface area contributed by atoms with Crippen LogP contribution >= 0.6 is 165 Å². The average Bonchev–Trinajstić information content (AvgIpc) is 1.59. The third kappa shape index (κ3) is 19.8. The average molecular weight is 1680 g/mol. The third-order valence-electron chi connectivity index (χ3n) is 21.4. The molecule has 8 rings (SSSR count). The molecule has 14 atom stereocenters. The van der Waals surface area contributed by atoms with Gasteiger partial charge in [0.15, 0.2) is 3.41 Å². The van der Waals surface area contributed by atoms with Crippen LogP contribution in [0.5, 0.6) is 0 Å². The second kappa shape index (κ2) is 40.6. The van der Waals surface area contributed by atoms with Crippen molar-refractivity contribution in [3.63, 3.8) is 0 Å². The van der Waals surface area contributed by atoms with Gasteiger partial charge in [0.25, 0.3) is 0 Å². The van der Waals surface area contributed by atoms with Crippen molar-refractivity contribution in [1.82, 2.24) is 0 Å². The molecule has 8 bridgehead atoms. The van der Waals surface area contributed by atoms with Gasteiger partial charge in [0.2, 0.25) is 0 Å². The zero-order valence-corrected chi connectivity index (χ0v) is 76.3. The summed E-state index contributed by atoms with van der Waals surface area (Å²) in [5, 5.41) is 0. The van der Waals surface area contributed by atoms with Gasteiger partial charge in [-0.15, -0.1) is 0 Å². The summed E-state index contributed by atoms with van der Waals surface area (Å²) in [6, 6.07) is 0. The van der Waals surface area contributed by atoms with Crippen molar-refractivity contribution in [2.24, 2.45) is 29.6 Å². The Balaban J connectivity index is 1.16. The van der Waals surface area contributed by atoms with E-state index in [1.165, 1.54) is 96.3 Å². The fourth-order valence-electron chi connectivity index (χ4n) is 17.5. The lowest BCUT2D eigenvalue weighted by Crippen LogP contribution is -2.55. The molecule has 0 N–H and O–H groups in total. The van der Waals surface area contributed by atoms with E-state index in [-0.39, 0.29) is 43.8 Å². The lowest BCUT2D eigenvalue weighted by atomic mass is 9.97. The highest BCUT2D eigenvalue weighted by atomic mass is 33.7. The minimum atomic E-state index is -2.99. The topological polar surface area (TPSA) is 111 Å². The van der Waals surface area contributed by atoms with Crippen LogP contribution in [-0.4, -0.2) is 142 Å². The molecule has 0 radical (unpaired) electrons. The molecule has 550 valence electrons. The van der Waals surface area contributed by atoms with E-state index < -0.39 is 35.2 Å². The summed E-state index contributed by atoms with van der Waals surface area (Å²) < 4.78 is 81.3. The molecule has 0 aromatic rings. The molecule has 8 aliphatic rings. The molecule has 0 aromatic carbocycles. The molecule has 8 saturated carbocycles. The fraction of sp³-hybridized carbons (Fsp3) is 1.00. The van der Waals surface area contributed by atoms with E-state index in [0.717, 1.165) is 32.1 Å². The van der Waals surface area contributed by atoms with Crippen LogP contribution in [0.2, 0.25) is 22.2 Å². The molecule has 0 aliphatic heterocycles. The van der Waals surface area contributed by atoms with Gasteiger partial charge in [0, 0.05) is 120 Å². The van der Waals surface area contributed by atoms with Crippen LogP contribution in [0.1, 0.15) is 232 Å². The Labute approximate surface area is 636 Å². The van der Waals surface area contributed by atoms with E-state index in [0.29, 0.717) is 114 Å². The van der Waals surface area contributed by atoms with Crippen LogP contribution in [-0.2, 0) is 53.1 Å². The maximum Gasteiger partial charge on any atom is 0.505 e. The largest absolute Gasteiger partial charge is 0.505 e. The Morgan fingerprint density at radius 2 is 0.585 bits per heavy atom. The molecule has 12 nitrogen and oxygen atoms in total. The third-order valence-corrected chi connectivity index (χ3v) is 71.0. The first-order valence-corrected chi connectivity index (χ1v) is 62.4. The molecule has 8 fully saturated rings. The summed E-state index contributed by atoms with van der Waals surface area (Å²) >= 11 is 0. The Morgan fingerprint density at radius 1 is 0.351 bits per heavy atom. The van der Waals surface area contributed by atoms with Gasteiger partial charge in [0.1, 0.15) is 0 Å². The molecule has 0 saturated heterocycles. The predicted octanol–water partition coefficient (Wildman–Crippen LogP) is 24.8. The highest BCUT2D eigenvalue weighted by molar-refractivity contribution is 9.33. The Hall–Kier alpha value is 5.99. The summed E-state index contributed by atoms with van der Waals surface area (Å²) in [5.41, 5.74) is 1.13. The fourth-order valence-corrected chi connectivity index (χ4v) is 75.7. The van der Waals surface area contributed by atoms with Crippen LogP contribution in [0.4, 0.5) is 0 Å². The predicted molar refractivity (Wildman–Crippen MR) is 442 cm³/mol. The van der Waals surface area contributed by atoms with E-state index >= 15 is 0 Å². The van der Waals surface area contributed by atoms with Crippen molar-refractivity contribution >= 4 is 200 Å². The van der Waals surface area contributed by atoms with E-state index in [1.807, 2.05) is 68.8 Å². The van der Waals surface area contributed by atoms with Crippen molar-refractivity contribution in [2.75, 3.05) is 79.3 Å². The molecule has 0 heterocycles. The van der Waals surface area contributed by atoms with Crippen LogP contribution in [0, 0.1) is 29.6 Å². The first kappa shape index (κ1) is 85.6. The first-order chi connectivity index (χ1) is 45.4. The van der Waals surface area contributed by atoms with Crippen LogP contribution < -0.4 is 0 Å². The zero-order chi connectivity index (χ0) is 67.6. The molecule has 8 aliphatic carbocycles. The van der Waals surface area contributed by atoms with Gasteiger partial charge in [-0.2, -0.15) is 0 Å². The monoisotopic (exact) mass is 1680 g/mol. The standard InChI is InChI=1S/C62H118O12S16Si4/c1-16-48(14)30-29-35-57(15,75-83-84-76-58-36-31-49(44-58)40-53(58)91(63-17-2,64-18-3)65-19-4)62(80-88-85-77-59-37-32-50(45-59)41-54(59)92(66-20-5,67-21-6)68-22-7,81-89-86-78-60-38-33-51(46-60)42-55(60)93(69-23-8,70-24-9)71-25-10)82-90-87-79-61-39-34-52(47-61)43-56(61)94(72-26-11,73-27-12)74-28-13/h48-56H,16-47H2,1-15H3. The number of fused-ring (bicyclic) bond motifs is 8. The summed E-state index contributed by atoms with van der Waals surface area (Å²) in [6.07, 6.45) is 23.9. The quantitative estimate of drug-likeness (QED) is 0.0249. The van der Waals surface area contributed by atoms with Gasteiger partial charge in [-0.25, -0.2) is 0 Å². The van der Waals surface area contributed by atoms with Gasteiger partial charge in [-0.3, -0.25) is 0 Å². The second-order valence-corrected chi connectivity index (χ2v) is 64.2. The molecule has 32 heteroatoms. The summed E-state index contributed by atoms with van der Waals surface area (Å²) in [5.74, 6) is 3.41. The van der Waals surface area contributed by atoms with Crippen molar-refractivity contribution in [1.29, 1.82) is 0 Å². The van der Waals surface area contributed by atoms with Crippen molar-refractivity contribution in [3.8, 4) is 0 Å². The maximum atomic E-state index is 6.81. The van der Waals surface area contributed by atoms with Gasteiger partial charge >= 0.3 is 35.2 Å². The number of hydrogen-bond donors (Lipinski definition) is 0. The van der Waals surface area contributed by atoms with Crippen LogP contribution in [0.25, 0.3) is 0 Å². The van der Waals surface area contributed by atoms with Gasteiger partial charge in [-0.1, -0.05) is 87.1 Å². The van der Waals surface area contributed by atoms with E-state index in [4.69, 9.17) is 53.1 Å². The molecule has 0 amide bonds. The number of hydrogen-bond acceptors (Lipinski definition) is 28. The van der Waals surface area contributed by atoms with Crippen molar-refractivity contribution in [2.45, 2.75) is 282 Å². The normalized spacial score (nSPS) is 32.2. The van der Waals surface area contributed by atoms with Crippen LogP contribution in [0.3, 0.4) is 0 Å². The van der Waals surface area contributed by atoms with E-state index in [9.17, 15) is 0 Å². The molecule has 14 unspecified atom stereocenters. The summed E-state index contributed by atoms with van der Waals surface area (Å²) in [7, 11) is 21.6. The minimum Gasteiger partial charge on any atom is -0.374 e. The van der Waals surface area contributed by atoms with Gasteiger partial charge < -0.3 is 53.1 Å². The minimum absolute atomic E-state index is 0.0420. The SMILES string of the molecule is CCO[Si](OCC)(OCC)C1CC2CCC1(SSSSC(C)(CCCC(C)CC)C(SSSSC13CCC(CC1[Si](OCC)(OCC)OCC)C3)(SSSSC13CCC(CC1[Si](OCC)(OCC)OCC)C3)SSSSC13CCC(CC1[Si](OCC)(OCC)OCC)C3)C2. The lowest BCUT2D eigenvalue weighted by molar-refractivity contribution is 0.0553. The maximum absolute atomic E-state index is 6.81. The molecule has 94 heavy (non-hydrogen) atoms. The second-order valence-electron chi connectivity index (χ2n) is 26.9.